The Balaban J connectivity index is 2.24. The van der Waals surface area contributed by atoms with Gasteiger partial charge in [0.25, 0.3) is 0 Å². The molecule has 0 bridgehead atoms. The van der Waals surface area contributed by atoms with E-state index >= 15 is 0 Å². The van der Waals surface area contributed by atoms with Crippen LogP contribution in [0.1, 0.15) is 24.1 Å². The van der Waals surface area contributed by atoms with Crippen LogP contribution in [0.3, 0.4) is 0 Å². The second kappa shape index (κ2) is 6.47. The summed E-state index contributed by atoms with van der Waals surface area (Å²) in [5, 5.41) is 11.8. The lowest BCUT2D eigenvalue weighted by Gasteiger charge is -2.09. The Morgan fingerprint density at radius 1 is 1.45 bits per heavy atom. The third-order valence-corrected chi connectivity index (χ3v) is 4.21. The molecule has 0 saturated heterocycles. The molecule has 1 aromatic carbocycles. The lowest BCUT2D eigenvalue weighted by Crippen LogP contribution is -2.17. The van der Waals surface area contributed by atoms with Crippen LogP contribution in [0, 0.1) is 10.1 Å². The summed E-state index contributed by atoms with van der Waals surface area (Å²) in [5.41, 5.74) is 0. The van der Waals surface area contributed by atoms with Gasteiger partial charge in [-0.2, -0.15) is 0 Å². The van der Waals surface area contributed by atoms with Crippen LogP contribution in [0.5, 0.6) is 0 Å². The van der Waals surface area contributed by atoms with Gasteiger partial charge in [-0.25, -0.2) is 0 Å². The maximum atomic E-state index is 11.6. The summed E-state index contributed by atoms with van der Waals surface area (Å²) in [6, 6.07) is 9.70. The molecule has 2 aromatic rings. The summed E-state index contributed by atoms with van der Waals surface area (Å²) in [5.74, 6) is -0.821. The molecule has 6 heteroatoms. The van der Waals surface area contributed by atoms with Gasteiger partial charge in [-0.1, -0.05) is 18.2 Å². The number of fused-ring (bicyclic) bond motifs is 1. The highest BCUT2D eigenvalue weighted by molar-refractivity contribution is 7.19. The first kappa shape index (κ1) is 14.5. The van der Waals surface area contributed by atoms with E-state index in [0.717, 1.165) is 15.0 Å². The van der Waals surface area contributed by atoms with Gasteiger partial charge < -0.3 is 4.74 Å². The number of rotatable bonds is 6. The van der Waals surface area contributed by atoms with E-state index < -0.39 is 11.9 Å². The number of nitrogens with zero attached hydrogens (tertiary/aromatic N) is 1. The largest absolute Gasteiger partial charge is 0.466 e. The lowest BCUT2D eigenvalue weighted by atomic mass is 10.0. The summed E-state index contributed by atoms with van der Waals surface area (Å²) in [6.45, 7) is 1.75. The molecule has 1 atom stereocenters. The molecule has 0 spiro atoms. The molecule has 0 aliphatic carbocycles. The number of hydrogen-bond acceptors (Lipinski definition) is 5. The van der Waals surface area contributed by atoms with Crippen LogP contribution in [0.15, 0.2) is 30.3 Å². The highest BCUT2D eigenvalue weighted by Gasteiger charge is 2.24. The second-order valence-electron chi connectivity index (χ2n) is 4.41. The van der Waals surface area contributed by atoms with Crippen LogP contribution < -0.4 is 0 Å². The Morgan fingerprint density at radius 3 is 2.85 bits per heavy atom. The highest BCUT2D eigenvalue weighted by Crippen LogP contribution is 2.32. The molecule has 0 fully saturated rings. The number of carbonyl (C=O) groups is 1. The molecule has 0 N–H and O–H groups in total. The van der Waals surface area contributed by atoms with Crippen molar-refractivity contribution < 1.29 is 14.5 Å². The van der Waals surface area contributed by atoms with Crippen molar-refractivity contribution in [3.63, 3.8) is 0 Å². The van der Waals surface area contributed by atoms with Crippen molar-refractivity contribution in [2.75, 3.05) is 13.2 Å². The van der Waals surface area contributed by atoms with E-state index in [1.54, 1.807) is 6.92 Å². The van der Waals surface area contributed by atoms with Crippen LogP contribution >= 0.6 is 11.3 Å². The second-order valence-corrected chi connectivity index (χ2v) is 5.52. The Bertz CT molecular complexity index is 589. The molecule has 1 heterocycles. The fraction of sp³-hybridized carbons (Fsp3) is 0.357. The van der Waals surface area contributed by atoms with Gasteiger partial charge in [-0.05, 0) is 24.4 Å². The molecule has 0 saturated carbocycles. The number of benzene rings is 1. The molecule has 1 aromatic heterocycles. The van der Waals surface area contributed by atoms with E-state index in [4.69, 9.17) is 4.74 Å². The van der Waals surface area contributed by atoms with Gasteiger partial charge in [0.15, 0.2) is 0 Å². The fourth-order valence-electron chi connectivity index (χ4n) is 2.06. The van der Waals surface area contributed by atoms with Gasteiger partial charge in [0.2, 0.25) is 6.54 Å². The fourth-order valence-corrected chi connectivity index (χ4v) is 3.22. The molecule has 20 heavy (non-hydrogen) atoms. The monoisotopic (exact) mass is 293 g/mol. The summed E-state index contributed by atoms with van der Waals surface area (Å²) in [7, 11) is 0. The molecular formula is C14H15NO4S. The quantitative estimate of drug-likeness (QED) is 0.466. The van der Waals surface area contributed by atoms with E-state index in [2.05, 4.69) is 0 Å². The van der Waals surface area contributed by atoms with E-state index in [1.165, 1.54) is 11.3 Å². The Hall–Kier alpha value is -1.95. The maximum Gasteiger partial charge on any atom is 0.306 e. The third kappa shape index (κ3) is 3.54. The number of thiophene rings is 1. The van der Waals surface area contributed by atoms with Gasteiger partial charge in [0, 0.05) is 14.5 Å². The predicted octanol–water partition coefficient (Wildman–Crippen LogP) is 3.21. The van der Waals surface area contributed by atoms with Crippen molar-refractivity contribution in [2.45, 2.75) is 19.3 Å². The minimum absolute atomic E-state index is 0.0433. The van der Waals surface area contributed by atoms with Crippen LogP contribution in [0.25, 0.3) is 10.1 Å². The molecule has 5 nitrogen and oxygen atoms in total. The average molecular weight is 293 g/mol. The van der Waals surface area contributed by atoms with Gasteiger partial charge in [0.1, 0.15) is 0 Å². The summed E-state index contributed by atoms with van der Waals surface area (Å²) < 4.78 is 5.96. The van der Waals surface area contributed by atoms with Gasteiger partial charge in [0.05, 0.1) is 18.9 Å². The average Bonchev–Trinajstić information content (AvgIpc) is 2.81. The minimum Gasteiger partial charge on any atom is -0.466 e. The van der Waals surface area contributed by atoms with Gasteiger partial charge >= 0.3 is 5.97 Å². The molecular weight excluding hydrogens is 278 g/mol. The highest BCUT2D eigenvalue weighted by atomic mass is 32.1. The first-order valence-electron chi connectivity index (χ1n) is 6.36. The normalized spacial score (nSPS) is 12.2. The molecule has 0 aliphatic heterocycles. The van der Waals surface area contributed by atoms with Crippen LogP contribution in [0.4, 0.5) is 0 Å². The van der Waals surface area contributed by atoms with Gasteiger partial charge in [-0.15, -0.1) is 11.3 Å². The first-order valence-corrected chi connectivity index (χ1v) is 7.17. The zero-order valence-corrected chi connectivity index (χ0v) is 11.9. The lowest BCUT2D eigenvalue weighted by molar-refractivity contribution is -0.483. The van der Waals surface area contributed by atoms with Crippen molar-refractivity contribution in [3.8, 4) is 0 Å². The van der Waals surface area contributed by atoms with Crippen molar-refractivity contribution in [3.05, 3.63) is 45.3 Å². The zero-order valence-electron chi connectivity index (χ0n) is 11.1. The third-order valence-electron chi connectivity index (χ3n) is 2.93. The topological polar surface area (TPSA) is 69.4 Å². The van der Waals surface area contributed by atoms with Crippen molar-refractivity contribution in [1.29, 1.82) is 0 Å². The first-order chi connectivity index (χ1) is 9.60. The van der Waals surface area contributed by atoms with E-state index in [1.807, 2.05) is 30.3 Å². The van der Waals surface area contributed by atoms with Crippen molar-refractivity contribution in [1.82, 2.24) is 0 Å². The summed E-state index contributed by atoms with van der Waals surface area (Å²) >= 11 is 1.50. The van der Waals surface area contributed by atoms with E-state index in [-0.39, 0.29) is 24.5 Å². The predicted molar refractivity (Wildman–Crippen MR) is 77.7 cm³/mol. The molecule has 0 radical (unpaired) electrons. The van der Waals surface area contributed by atoms with Crippen LogP contribution in [0.2, 0.25) is 0 Å². The molecule has 1 unspecified atom stereocenters. The molecule has 106 valence electrons. The summed E-state index contributed by atoms with van der Waals surface area (Å²) in [4.78, 5) is 22.9. The molecule has 0 aliphatic rings. The van der Waals surface area contributed by atoms with E-state index in [9.17, 15) is 14.9 Å². The zero-order chi connectivity index (χ0) is 14.5. The standard InChI is InChI=1S/C14H15NO4S/c1-2-19-14(16)8-11(9-15(17)18)13-7-10-5-3-4-6-12(10)20-13/h3-7,11H,2,8-9H2,1H3. The molecule has 0 amide bonds. The summed E-state index contributed by atoms with van der Waals surface area (Å²) in [6.07, 6.45) is 0.0433. The van der Waals surface area contributed by atoms with Crippen molar-refractivity contribution in [2.24, 2.45) is 0 Å². The van der Waals surface area contributed by atoms with Crippen LogP contribution in [-0.2, 0) is 9.53 Å². The Labute approximate surface area is 120 Å². The SMILES string of the molecule is CCOC(=O)CC(C[N+](=O)[O-])c1cc2ccccc2s1. The number of carbonyl (C=O) groups excluding carboxylic acids is 1. The number of nitro groups is 1. The number of ether oxygens (including phenoxy) is 1. The van der Waals surface area contributed by atoms with Crippen molar-refractivity contribution >= 4 is 27.4 Å². The maximum absolute atomic E-state index is 11.6. The van der Waals surface area contributed by atoms with Gasteiger partial charge in [-0.3, -0.25) is 14.9 Å². The smallest absolute Gasteiger partial charge is 0.306 e. The van der Waals surface area contributed by atoms with E-state index in [0.29, 0.717) is 0 Å². The Kier molecular flexibility index (Phi) is 4.68. The van der Waals surface area contributed by atoms with Crippen LogP contribution in [-0.4, -0.2) is 24.0 Å². The number of hydrogen-bond donors (Lipinski definition) is 0. The number of esters is 1. The minimum atomic E-state index is -0.429. The Morgan fingerprint density at radius 2 is 2.20 bits per heavy atom. The molecule has 2 rings (SSSR count).